The van der Waals surface area contributed by atoms with Gasteiger partial charge < -0.3 is 15.0 Å². The standard InChI is InChI=1S/C24H27Cl2FN2O3/c1-2-22(24(31)28-17-6-3-4-7-17)29(14-19-20(25)8-5-9-21(19)26)23(30)15-32-18-12-10-16(27)11-13-18/h5,8-13,17,22H,2-4,6-7,14-15H2,1H3,(H,28,31). The van der Waals surface area contributed by atoms with Crippen molar-refractivity contribution in [2.75, 3.05) is 6.61 Å². The van der Waals surface area contributed by atoms with E-state index in [1.807, 2.05) is 6.92 Å². The molecule has 1 saturated carbocycles. The molecule has 0 saturated heterocycles. The molecule has 32 heavy (non-hydrogen) atoms. The second kappa shape index (κ2) is 11.5. The molecule has 5 nitrogen and oxygen atoms in total. The molecule has 0 spiro atoms. The highest BCUT2D eigenvalue weighted by Crippen LogP contribution is 2.27. The van der Waals surface area contributed by atoms with Crippen molar-refractivity contribution in [2.45, 2.75) is 57.7 Å². The molecular formula is C24H27Cl2FN2O3. The number of rotatable bonds is 9. The van der Waals surface area contributed by atoms with Gasteiger partial charge in [0.05, 0.1) is 0 Å². The van der Waals surface area contributed by atoms with Crippen molar-refractivity contribution in [2.24, 2.45) is 0 Å². The van der Waals surface area contributed by atoms with E-state index < -0.39 is 17.8 Å². The molecule has 2 aromatic carbocycles. The second-order valence-corrected chi connectivity index (χ2v) is 8.69. The zero-order valence-corrected chi connectivity index (χ0v) is 19.5. The minimum absolute atomic E-state index is 0.0701. The number of halogens is 3. The van der Waals surface area contributed by atoms with E-state index in [1.165, 1.54) is 29.2 Å². The van der Waals surface area contributed by atoms with Gasteiger partial charge in [0.15, 0.2) is 6.61 Å². The van der Waals surface area contributed by atoms with Crippen LogP contribution in [0.4, 0.5) is 4.39 Å². The largest absolute Gasteiger partial charge is 0.484 e. The Hall–Kier alpha value is -2.31. The molecule has 0 radical (unpaired) electrons. The maximum atomic E-state index is 13.2. The molecule has 2 amide bonds. The summed E-state index contributed by atoms with van der Waals surface area (Å²) in [6, 6.07) is 9.95. The smallest absolute Gasteiger partial charge is 0.261 e. The number of nitrogens with zero attached hydrogens (tertiary/aromatic N) is 1. The summed E-state index contributed by atoms with van der Waals surface area (Å²) in [5, 5.41) is 3.91. The fourth-order valence-electron chi connectivity index (χ4n) is 3.90. The van der Waals surface area contributed by atoms with E-state index in [0.29, 0.717) is 27.8 Å². The van der Waals surface area contributed by atoms with E-state index in [2.05, 4.69) is 5.32 Å². The van der Waals surface area contributed by atoms with Crippen molar-refractivity contribution in [3.05, 3.63) is 63.9 Å². The Morgan fingerprint density at radius 3 is 2.34 bits per heavy atom. The van der Waals surface area contributed by atoms with Crippen LogP contribution in [0.25, 0.3) is 0 Å². The molecular weight excluding hydrogens is 454 g/mol. The number of hydrogen-bond acceptors (Lipinski definition) is 3. The van der Waals surface area contributed by atoms with Crippen LogP contribution in [-0.2, 0) is 16.1 Å². The normalized spacial score (nSPS) is 14.8. The Balaban J connectivity index is 1.80. The first kappa shape index (κ1) is 24.3. The number of carbonyl (C=O) groups is 2. The van der Waals surface area contributed by atoms with E-state index >= 15 is 0 Å². The molecule has 1 N–H and O–H groups in total. The van der Waals surface area contributed by atoms with Crippen molar-refractivity contribution in [1.82, 2.24) is 10.2 Å². The average Bonchev–Trinajstić information content (AvgIpc) is 3.28. The van der Waals surface area contributed by atoms with Gasteiger partial charge in [-0.05, 0) is 55.7 Å². The summed E-state index contributed by atoms with van der Waals surface area (Å²) in [6.07, 6.45) is 4.49. The van der Waals surface area contributed by atoms with Crippen LogP contribution in [0, 0.1) is 5.82 Å². The molecule has 2 aromatic rings. The summed E-state index contributed by atoms with van der Waals surface area (Å²) in [4.78, 5) is 27.8. The van der Waals surface area contributed by atoms with E-state index in [1.54, 1.807) is 18.2 Å². The van der Waals surface area contributed by atoms with E-state index in [0.717, 1.165) is 25.7 Å². The molecule has 0 bridgehead atoms. The second-order valence-electron chi connectivity index (χ2n) is 7.88. The highest BCUT2D eigenvalue weighted by atomic mass is 35.5. The minimum Gasteiger partial charge on any atom is -0.484 e. The molecule has 8 heteroatoms. The summed E-state index contributed by atoms with van der Waals surface area (Å²) in [5.41, 5.74) is 0.568. The van der Waals surface area contributed by atoms with Crippen molar-refractivity contribution in [1.29, 1.82) is 0 Å². The van der Waals surface area contributed by atoms with Gasteiger partial charge in [0.1, 0.15) is 17.6 Å². The monoisotopic (exact) mass is 480 g/mol. The van der Waals surface area contributed by atoms with Crippen LogP contribution in [0.3, 0.4) is 0 Å². The molecule has 1 unspecified atom stereocenters. The van der Waals surface area contributed by atoms with Gasteiger partial charge in [-0.3, -0.25) is 9.59 Å². The molecule has 1 aliphatic rings. The van der Waals surface area contributed by atoms with Gasteiger partial charge >= 0.3 is 0 Å². The molecule has 1 aliphatic carbocycles. The molecule has 1 atom stereocenters. The molecule has 0 aliphatic heterocycles. The third kappa shape index (κ3) is 6.36. The molecule has 172 valence electrons. The summed E-state index contributed by atoms with van der Waals surface area (Å²) < 4.78 is 18.7. The van der Waals surface area contributed by atoms with Crippen molar-refractivity contribution < 1.29 is 18.7 Å². The SMILES string of the molecule is CCC(C(=O)NC1CCCC1)N(Cc1c(Cl)cccc1Cl)C(=O)COc1ccc(F)cc1. The van der Waals surface area contributed by atoms with Crippen LogP contribution in [0.1, 0.15) is 44.6 Å². The first-order valence-corrected chi connectivity index (χ1v) is 11.6. The quantitative estimate of drug-likeness (QED) is 0.524. The van der Waals surface area contributed by atoms with Crippen LogP contribution in [0.5, 0.6) is 5.75 Å². The van der Waals surface area contributed by atoms with Crippen LogP contribution >= 0.6 is 23.2 Å². The fourth-order valence-corrected chi connectivity index (χ4v) is 4.42. The van der Waals surface area contributed by atoms with E-state index in [4.69, 9.17) is 27.9 Å². The minimum atomic E-state index is -0.702. The van der Waals surface area contributed by atoms with Gasteiger partial charge in [-0.25, -0.2) is 4.39 Å². The van der Waals surface area contributed by atoms with Crippen molar-refractivity contribution in [3.63, 3.8) is 0 Å². The van der Waals surface area contributed by atoms with Crippen molar-refractivity contribution in [3.8, 4) is 5.75 Å². The molecule has 0 heterocycles. The summed E-state index contributed by atoms with van der Waals surface area (Å²) >= 11 is 12.7. The first-order chi connectivity index (χ1) is 15.4. The third-order valence-corrected chi connectivity index (χ3v) is 6.36. The Bertz CT molecular complexity index is 913. The lowest BCUT2D eigenvalue weighted by atomic mass is 10.1. The topological polar surface area (TPSA) is 58.6 Å². The maximum absolute atomic E-state index is 13.2. The number of carbonyl (C=O) groups excluding carboxylic acids is 2. The Kier molecular flexibility index (Phi) is 8.76. The predicted molar refractivity (Wildman–Crippen MR) is 123 cm³/mol. The lowest BCUT2D eigenvalue weighted by Gasteiger charge is -2.32. The molecule has 3 rings (SSSR count). The Morgan fingerprint density at radius 2 is 1.75 bits per heavy atom. The van der Waals surface area contributed by atoms with Gasteiger partial charge in [0.2, 0.25) is 5.91 Å². The van der Waals surface area contributed by atoms with Crippen LogP contribution in [0.2, 0.25) is 10.0 Å². The summed E-state index contributed by atoms with van der Waals surface area (Å²) in [7, 11) is 0. The zero-order chi connectivity index (χ0) is 23.1. The first-order valence-electron chi connectivity index (χ1n) is 10.8. The lowest BCUT2D eigenvalue weighted by Crippen LogP contribution is -2.52. The number of hydrogen-bond donors (Lipinski definition) is 1. The number of nitrogens with one attached hydrogen (secondary N) is 1. The lowest BCUT2D eigenvalue weighted by molar-refractivity contribution is -0.143. The Morgan fingerprint density at radius 1 is 1.12 bits per heavy atom. The van der Waals surface area contributed by atoms with Crippen LogP contribution in [-0.4, -0.2) is 35.4 Å². The van der Waals surface area contributed by atoms with Gasteiger partial charge in [-0.2, -0.15) is 0 Å². The average molecular weight is 481 g/mol. The molecule has 0 aromatic heterocycles. The van der Waals surface area contributed by atoms with Crippen molar-refractivity contribution >= 4 is 35.0 Å². The number of amides is 2. The van der Waals surface area contributed by atoms with Gasteiger partial charge in [-0.15, -0.1) is 0 Å². The van der Waals surface area contributed by atoms with Crippen LogP contribution < -0.4 is 10.1 Å². The van der Waals surface area contributed by atoms with E-state index in [9.17, 15) is 14.0 Å². The summed E-state index contributed by atoms with van der Waals surface area (Å²) in [5.74, 6) is -0.622. The predicted octanol–water partition coefficient (Wildman–Crippen LogP) is 5.38. The van der Waals surface area contributed by atoms with Crippen LogP contribution in [0.15, 0.2) is 42.5 Å². The fraction of sp³-hybridized carbons (Fsp3) is 0.417. The maximum Gasteiger partial charge on any atom is 0.261 e. The number of benzene rings is 2. The van der Waals surface area contributed by atoms with Gasteiger partial charge in [0, 0.05) is 28.2 Å². The third-order valence-electron chi connectivity index (χ3n) is 5.65. The zero-order valence-electron chi connectivity index (χ0n) is 18.0. The molecule has 1 fully saturated rings. The highest BCUT2D eigenvalue weighted by Gasteiger charge is 2.31. The van der Waals surface area contributed by atoms with E-state index in [-0.39, 0.29) is 25.1 Å². The highest BCUT2D eigenvalue weighted by molar-refractivity contribution is 6.36. The van der Waals surface area contributed by atoms with Gasteiger partial charge in [0.25, 0.3) is 5.91 Å². The number of ether oxygens (including phenoxy) is 1. The Labute approximate surface area is 197 Å². The summed E-state index contributed by atoms with van der Waals surface area (Å²) in [6.45, 7) is 1.62. The van der Waals surface area contributed by atoms with Gasteiger partial charge in [-0.1, -0.05) is 49.0 Å².